The summed E-state index contributed by atoms with van der Waals surface area (Å²) < 4.78 is 1.58. The molecule has 130 valence electrons. The number of carbonyl (C=O) groups excluding carboxylic acids is 2. The molecule has 0 fully saturated rings. The zero-order chi connectivity index (χ0) is 18.2. The predicted octanol–water partition coefficient (Wildman–Crippen LogP) is 4.34. The van der Waals surface area contributed by atoms with Crippen LogP contribution in [0.1, 0.15) is 9.75 Å². The summed E-state index contributed by atoms with van der Waals surface area (Å²) in [5, 5.41) is 2.40. The number of thiophene rings is 1. The molecule has 0 saturated heterocycles. The summed E-state index contributed by atoms with van der Waals surface area (Å²) in [7, 11) is 6.92. The van der Waals surface area contributed by atoms with E-state index < -0.39 is 0 Å². The van der Waals surface area contributed by atoms with Crippen LogP contribution in [0.15, 0.2) is 15.0 Å². The van der Waals surface area contributed by atoms with E-state index in [1.165, 1.54) is 11.3 Å². The highest BCUT2D eigenvalue weighted by molar-refractivity contribution is 9.11. The average molecular weight is 497 g/mol. The van der Waals surface area contributed by atoms with Crippen molar-refractivity contribution in [1.82, 2.24) is 9.80 Å². The van der Waals surface area contributed by atoms with Gasteiger partial charge in [0.2, 0.25) is 11.8 Å². The van der Waals surface area contributed by atoms with Crippen LogP contribution in [0.5, 0.6) is 0 Å². The lowest BCUT2D eigenvalue weighted by Crippen LogP contribution is -2.23. The quantitative estimate of drug-likeness (QED) is 0.591. The van der Waals surface area contributed by atoms with E-state index in [-0.39, 0.29) is 24.7 Å². The number of nitrogens with zero attached hydrogens (tertiary/aromatic N) is 2. The lowest BCUT2D eigenvalue weighted by molar-refractivity contribution is -0.128. The number of amides is 2. The number of rotatable bonds is 4. The maximum absolute atomic E-state index is 12.2. The first kappa shape index (κ1) is 19.7. The molecular formula is C16H17Br2ClN2O2S. The average Bonchev–Trinajstić information content (AvgIpc) is 2.83. The van der Waals surface area contributed by atoms with Gasteiger partial charge in [0.25, 0.3) is 0 Å². The van der Waals surface area contributed by atoms with E-state index in [2.05, 4.69) is 31.9 Å². The summed E-state index contributed by atoms with van der Waals surface area (Å²) in [5.74, 6) is 0.0215. The third-order valence-corrected chi connectivity index (χ3v) is 6.76. The van der Waals surface area contributed by atoms with E-state index in [0.717, 1.165) is 29.5 Å². The molecule has 0 bridgehead atoms. The summed E-state index contributed by atoms with van der Waals surface area (Å²) in [4.78, 5) is 29.3. The minimum Gasteiger partial charge on any atom is -0.349 e. The lowest BCUT2D eigenvalue weighted by Gasteiger charge is -2.10. The van der Waals surface area contributed by atoms with E-state index in [4.69, 9.17) is 11.6 Å². The number of halogens is 3. The molecule has 1 heterocycles. The third-order valence-electron chi connectivity index (χ3n) is 3.60. The second-order valence-corrected chi connectivity index (χ2v) is 9.03. The molecule has 4 nitrogen and oxygen atoms in total. The Morgan fingerprint density at radius 3 is 1.92 bits per heavy atom. The first-order chi connectivity index (χ1) is 11.1. The largest absolute Gasteiger partial charge is 0.349 e. The van der Waals surface area contributed by atoms with Crippen molar-refractivity contribution in [2.75, 3.05) is 28.2 Å². The number of hydrogen-bond donors (Lipinski definition) is 0. The van der Waals surface area contributed by atoms with Gasteiger partial charge >= 0.3 is 0 Å². The molecule has 2 rings (SSSR count). The fourth-order valence-electron chi connectivity index (χ4n) is 2.22. The van der Waals surface area contributed by atoms with Crippen LogP contribution in [-0.4, -0.2) is 49.8 Å². The molecule has 0 aliphatic heterocycles. The van der Waals surface area contributed by atoms with Gasteiger partial charge in [-0.15, -0.1) is 11.3 Å². The Hall–Kier alpha value is -0.630. The van der Waals surface area contributed by atoms with Crippen molar-refractivity contribution in [3.05, 3.63) is 29.8 Å². The van der Waals surface area contributed by atoms with Gasteiger partial charge in [0.1, 0.15) is 0 Å². The summed E-state index contributed by atoms with van der Waals surface area (Å²) in [6.45, 7) is 0. The molecule has 1 aromatic carbocycles. The Kier molecular flexibility index (Phi) is 6.34. The molecule has 8 heteroatoms. The van der Waals surface area contributed by atoms with Gasteiger partial charge < -0.3 is 9.80 Å². The molecule has 2 amide bonds. The predicted molar refractivity (Wildman–Crippen MR) is 107 cm³/mol. The molecule has 24 heavy (non-hydrogen) atoms. The summed E-state index contributed by atoms with van der Waals surface area (Å²) in [5.41, 5.74) is 0. The molecule has 0 N–H and O–H groups in total. The van der Waals surface area contributed by atoms with Crippen LogP contribution in [0.4, 0.5) is 0 Å². The Morgan fingerprint density at radius 2 is 1.46 bits per heavy atom. The van der Waals surface area contributed by atoms with Crippen molar-refractivity contribution in [2.24, 2.45) is 0 Å². The van der Waals surface area contributed by atoms with Gasteiger partial charge in [-0.3, -0.25) is 9.59 Å². The van der Waals surface area contributed by atoms with Crippen LogP contribution in [0.25, 0.3) is 10.8 Å². The van der Waals surface area contributed by atoms with Gasteiger partial charge in [0, 0.05) is 57.7 Å². The highest BCUT2D eigenvalue weighted by Crippen LogP contribution is 2.44. The maximum Gasteiger partial charge on any atom is 0.227 e. The van der Waals surface area contributed by atoms with Crippen molar-refractivity contribution in [1.29, 1.82) is 0 Å². The lowest BCUT2D eigenvalue weighted by atomic mass is 10.1. The van der Waals surface area contributed by atoms with Gasteiger partial charge in [-0.05, 0) is 22.0 Å². The molecule has 1 aromatic heterocycles. The van der Waals surface area contributed by atoms with Gasteiger partial charge in [-0.1, -0.05) is 27.5 Å². The monoisotopic (exact) mass is 494 g/mol. The van der Waals surface area contributed by atoms with Crippen molar-refractivity contribution in [3.8, 4) is 0 Å². The number of carbonyl (C=O) groups is 2. The molecule has 0 radical (unpaired) electrons. The van der Waals surface area contributed by atoms with Gasteiger partial charge in [-0.2, -0.15) is 0 Å². The number of likely N-dealkylation sites (N-methyl/N-ethyl adjacent to an activating group) is 2. The zero-order valence-electron chi connectivity index (χ0n) is 13.7. The Bertz CT molecular complexity index is 818. The summed E-state index contributed by atoms with van der Waals surface area (Å²) in [6, 6.07) is 1.81. The van der Waals surface area contributed by atoms with Crippen molar-refractivity contribution in [3.63, 3.8) is 0 Å². The minimum absolute atomic E-state index is 0.00614. The van der Waals surface area contributed by atoms with Crippen molar-refractivity contribution >= 4 is 77.4 Å². The zero-order valence-corrected chi connectivity index (χ0v) is 18.5. The van der Waals surface area contributed by atoms with Crippen LogP contribution >= 0.6 is 54.8 Å². The maximum atomic E-state index is 12.2. The highest BCUT2D eigenvalue weighted by atomic mass is 79.9. The fourth-order valence-corrected chi connectivity index (χ4v) is 5.35. The first-order valence-corrected chi connectivity index (χ1v) is 9.89. The van der Waals surface area contributed by atoms with Gasteiger partial charge in [0.05, 0.1) is 17.9 Å². The molecule has 0 spiro atoms. The highest BCUT2D eigenvalue weighted by Gasteiger charge is 2.22. The summed E-state index contributed by atoms with van der Waals surface area (Å²) in [6.07, 6.45) is 0.562. The van der Waals surface area contributed by atoms with Crippen LogP contribution in [0.3, 0.4) is 0 Å². The van der Waals surface area contributed by atoms with Gasteiger partial charge in [-0.25, -0.2) is 0 Å². The Labute approximate surface area is 167 Å². The van der Waals surface area contributed by atoms with Crippen LogP contribution in [0.2, 0.25) is 5.02 Å². The summed E-state index contributed by atoms with van der Waals surface area (Å²) >= 11 is 14.9. The molecule has 0 unspecified atom stereocenters. The fraction of sp³-hybridized carbons (Fsp3) is 0.375. The van der Waals surface area contributed by atoms with Gasteiger partial charge in [0.15, 0.2) is 0 Å². The van der Waals surface area contributed by atoms with Crippen molar-refractivity contribution < 1.29 is 9.59 Å². The molecule has 0 aliphatic rings. The normalized spacial score (nSPS) is 11.0. The van der Waals surface area contributed by atoms with Crippen LogP contribution in [-0.2, 0) is 22.4 Å². The third kappa shape index (κ3) is 3.95. The number of benzene rings is 1. The van der Waals surface area contributed by atoms with Crippen LogP contribution < -0.4 is 0 Å². The molecule has 0 atom stereocenters. The second kappa shape index (κ2) is 7.72. The van der Waals surface area contributed by atoms with E-state index in [1.807, 2.05) is 6.07 Å². The van der Waals surface area contributed by atoms with E-state index in [9.17, 15) is 9.59 Å². The number of fused-ring (bicyclic) bond motifs is 1. The van der Waals surface area contributed by atoms with Crippen molar-refractivity contribution in [2.45, 2.75) is 12.8 Å². The minimum atomic E-state index is 0.00614. The SMILES string of the molecule is CN(C)C(=O)Cc1sc(CC(=O)N(C)C)c2c(Br)c(Cl)cc(Br)c12. The van der Waals surface area contributed by atoms with E-state index in [0.29, 0.717) is 5.02 Å². The van der Waals surface area contributed by atoms with Crippen LogP contribution in [0, 0.1) is 0 Å². The first-order valence-electron chi connectivity index (χ1n) is 7.11. The Morgan fingerprint density at radius 1 is 1.00 bits per heavy atom. The van der Waals surface area contributed by atoms with E-state index >= 15 is 0 Å². The standard InChI is InChI=1S/C16H17Br2ClN2O2S/c1-20(2)12(22)6-10-14-8(17)5-9(19)16(18)15(14)11(24-10)7-13(23)21(3)4/h5H,6-7H2,1-4H3. The van der Waals surface area contributed by atoms with E-state index in [1.54, 1.807) is 38.0 Å². The molecule has 0 saturated carbocycles. The smallest absolute Gasteiger partial charge is 0.227 e. The molecule has 2 aromatic rings. The number of hydrogen-bond acceptors (Lipinski definition) is 3. The molecular weight excluding hydrogens is 480 g/mol. The topological polar surface area (TPSA) is 40.6 Å². The Balaban J connectivity index is 2.65. The second-order valence-electron chi connectivity index (χ2n) is 5.78. The molecule has 0 aliphatic carbocycles.